The number of hydrogen-bond acceptors (Lipinski definition) is 4. The van der Waals surface area contributed by atoms with Crippen LogP contribution in [0.4, 0.5) is 0 Å². The van der Waals surface area contributed by atoms with Gasteiger partial charge in [0.2, 0.25) is 5.91 Å². The van der Waals surface area contributed by atoms with Gasteiger partial charge >= 0.3 is 0 Å². The van der Waals surface area contributed by atoms with Gasteiger partial charge in [-0.2, -0.15) is 11.8 Å². The SMILES string of the molecule is CSC1CCCC(NC(=O)C2(N)CCOC2)C1. The molecule has 1 amide bonds. The molecule has 0 bridgehead atoms. The number of nitrogens with one attached hydrogen (secondary N) is 1. The summed E-state index contributed by atoms with van der Waals surface area (Å²) < 4.78 is 5.22. The van der Waals surface area contributed by atoms with Gasteiger partial charge in [0, 0.05) is 17.9 Å². The highest BCUT2D eigenvalue weighted by molar-refractivity contribution is 7.99. The first-order chi connectivity index (χ1) is 8.14. The van der Waals surface area contributed by atoms with Crippen molar-refractivity contribution in [2.45, 2.75) is 48.9 Å². The number of ether oxygens (including phenoxy) is 1. The summed E-state index contributed by atoms with van der Waals surface area (Å²) in [6, 6.07) is 0.301. The standard InChI is InChI=1S/C12H22N2O2S/c1-17-10-4-2-3-9(7-10)14-11(15)12(13)5-6-16-8-12/h9-10H,2-8,13H2,1H3,(H,14,15). The van der Waals surface area contributed by atoms with Crippen molar-refractivity contribution in [3.8, 4) is 0 Å². The molecule has 3 unspecified atom stereocenters. The molecule has 1 saturated carbocycles. The van der Waals surface area contributed by atoms with Crippen LogP contribution in [0.1, 0.15) is 32.1 Å². The highest BCUT2D eigenvalue weighted by Gasteiger charge is 2.39. The average Bonchev–Trinajstić information content (AvgIpc) is 2.78. The second-order valence-corrected chi connectivity index (χ2v) is 6.29. The molecule has 1 aliphatic carbocycles. The van der Waals surface area contributed by atoms with E-state index < -0.39 is 5.54 Å². The fraction of sp³-hybridized carbons (Fsp3) is 0.917. The van der Waals surface area contributed by atoms with Crippen LogP contribution in [0.2, 0.25) is 0 Å². The van der Waals surface area contributed by atoms with Gasteiger partial charge in [0.05, 0.1) is 6.61 Å². The molecule has 2 aliphatic rings. The molecule has 0 spiro atoms. The van der Waals surface area contributed by atoms with Crippen molar-refractivity contribution < 1.29 is 9.53 Å². The molecule has 5 heteroatoms. The van der Waals surface area contributed by atoms with Gasteiger partial charge in [-0.15, -0.1) is 0 Å². The summed E-state index contributed by atoms with van der Waals surface area (Å²) in [5.74, 6) is -0.0262. The topological polar surface area (TPSA) is 64.4 Å². The quantitative estimate of drug-likeness (QED) is 0.789. The fourth-order valence-corrected chi connectivity index (χ4v) is 3.41. The maximum Gasteiger partial charge on any atom is 0.242 e. The third-order valence-electron chi connectivity index (χ3n) is 3.80. The van der Waals surface area contributed by atoms with Gasteiger partial charge in [-0.25, -0.2) is 0 Å². The Labute approximate surface area is 107 Å². The smallest absolute Gasteiger partial charge is 0.242 e. The average molecular weight is 258 g/mol. The molecular weight excluding hydrogens is 236 g/mol. The van der Waals surface area contributed by atoms with Crippen molar-refractivity contribution in [1.29, 1.82) is 0 Å². The van der Waals surface area contributed by atoms with E-state index in [1.165, 1.54) is 12.8 Å². The molecule has 2 fully saturated rings. The zero-order valence-corrected chi connectivity index (χ0v) is 11.2. The first kappa shape index (κ1) is 13.2. The van der Waals surface area contributed by atoms with E-state index in [1.54, 1.807) is 0 Å². The van der Waals surface area contributed by atoms with Crippen LogP contribution in [0.5, 0.6) is 0 Å². The highest BCUT2D eigenvalue weighted by Crippen LogP contribution is 2.27. The van der Waals surface area contributed by atoms with Crippen LogP contribution in [0.3, 0.4) is 0 Å². The van der Waals surface area contributed by atoms with Gasteiger partial charge in [0.25, 0.3) is 0 Å². The number of amides is 1. The van der Waals surface area contributed by atoms with E-state index in [2.05, 4.69) is 11.6 Å². The molecule has 98 valence electrons. The van der Waals surface area contributed by atoms with Crippen LogP contribution in [0.25, 0.3) is 0 Å². The predicted molar refractivity (Wildman–Crippen MR) is 70.1 cm³/mol. The third-order valence-corrected chi connectivity index (χ3v) is 4.89. The second-order valence-electron chi connectivity index (χ2n) is 5.15. The molecule has 2 rings (SSSR count). The summed E-state index contributed by atoms with van der Waals surface area (Å²) in [5, 5.41) is 3.79. The Bertz CT molecular complexity index is 280. The Morgan fingerprint density at radius 2 is 2.35 bits per heavy atom. The first-order valence-corrected chi connectivity index (χ1v) is 7.63. The van der Waals surface area contributed by atoms with Crippen LogP contribution in [0.15, 0.2) is 0 Å². The lowest BCUT2D eigenvalue weighted by atomic mass is 9.93. The normalized spacial score (nSPS) is 38.0. The summed E-state index contributed by atoms with van der Waals surface area (Å²) in [4.78, 5) is 12.1. The molecule has 0 radical (unpaired) electrons. The largest absolute Gasteiger partial charge is 0.379 e. The van der Waals surface area contributed by atoms with Crippen molar-refractivity contribution in [2.75, 3.05) is 19.5 Å². The number of nitrogens with two attached hydrogens (primary N) is 1. The van der Waals surface area contributed by atoms with E-state index in [-0.39, 0.29) is 5.91 Å². The zero-order valence-electron chi connectivity index (χ0n) is 10.4. The molecular formula is C12H22N2O2S. The van der Waals surface area contributed by atoms with Gasteiger partial charge in [0.15, 0.2) is 0 Å². The van der Waals surface area contributed by atoms with Crippen molar-refractivity contribution in [3.63, 3.8) is 0 Å². The van der Waals surface area contributed by atoms with Crippen LogP contribution >= 0.6 is 11.8 Å². The highest BCUT2D eigenvalue weighted by atomic mass is 32.2. The first-order valence-electron chi connectivity index (χ1n) is 6.34. The maximum absolute atomic E-state index is 12.1. The second kappa shape index (κ2) is 5.59. The van der Waals surface area contributed by atoms with Gasteiger partial charge in [-0.1, -0.05) is 6.42 Å². The number of rotatable bonds is 3. The van der Waals surface area contributed by atoms with E-state index in [4.69, 9.17) is 10.5 Å². The molecule has 4 nitrogen and oxygen atoms in total. The summed E-state index contributed by atoms with van der Waals surface area (Å²) in [6.07, 6.45) is 7.40. The van der Waals surface area contributed by atoms with Crippen molar-refractivity contribution in [3.05, 3.63) is 0 Å². The molecule has 17 heavy (non-hydrogen) atoms. The van der Waals surface area contributed by atoms with Crippen LogP contribution in [0, 0.1) is 0 Å². The minimum atomic E-state index is -0.785. The van der Waals surface area contributed by atoms with E-state index in [0.717, 1.165) is 12.8 Å². The summed E-state index contributed by atoms with van der Waals surface area (Å²) in [6.45, 7) is 0.958. The number of thioether (sulfide) groups is 1. The molecule has 1 heterocycles. The Morgan fingerprint density at radius 1 is 1.53 bits per heavy atom. The van der Waals surface area contributed by atoms with Crippen molar-refractivity contribution >= 4 is 17.7 Å². The maximum atomic E-state index is 12.1. The molecule has 0 aromatic carbocycles. The Morgan fingerprint density at radius 3 is 3.00 bits per heavy atom. The molecule has 0 aromatic rings. The molecule has 1 aliphatic heterocycles. The summed E-state index contributed by atoms with van der Waals surface area (Å²) in [7, 11) is 0. The monoisotopic (exact) mass is 258 g/mol. The molecule has 1 saturated heterocycles. The lowest BCUT2D eigenvalue weighted by Crippen LogP contribution is -2.57. The van der Waals surface area contributed by atoms with E-state index in [0.29, 0.717) is 30.9 Å². The van der Waals surface area contributed by atoms with E-state index >= 15 is 0 Å². The summed E-state index contributed by atoms with van der Waals surface area (Å²) >= 11 is 1.90. The predicted octanol–water partition coefficient (Wildman–Crippen LogP) is 0.895. The third kappa shape index (κ3) is 3.14. The molecule has 0 aromatic heterocycles. The fourth-order valence-electron chi connectivity index (χ4n) is 2.58. The number of hydrogen-bond donors (Lipinski definition) is 2. The van der Waals surface area contributed by atoms with Crippen molar-refractivity contribution in [1.82, 2.24) is 5.32 Å². The minimum absolute atomic E-state index is 0.0262. The van der Waals surface area contributed by atoms with Gasteiger partial charge in [-0.05, 0) is 31.9 Å². The van der Waals surface area contributed by atoms with E-state index in [9.17, 15) is 4.79 Å². The zero-order chi connectivity index (χ0) is 12.3. The Balaban J connectivity index is 1.85. The minimum Gasteiger partial charge on any atom is -0.379 e. The Kier molecular flexibility index (Phi) is 4.33. The van der Waals surface area contributed by atoms with Crippen LogP contribution < -0.4 is 11.1 Å². The Hall–Kier alpha value is -0.260. The van der Waals surface area contributed by atoms with Gasteiger partial charge < -0.3 is 15.8 Å². The van der Waals surface area contributed by atoms with Crippen LogP contribution in [-0.2, 0) is 9.53 Å². The van der Waals surface area contributed by atoms with Gasteiger partial charge in [0.1, 0.15) is 5.54 Å². The van der Waals surface area contributed by atoms with Gasteiger partial charge in [-0.3, -0.25) is 4.79 Å². The number of carbonyl (C=O) groups excluding carboxylic acids is 1. The lowest BCUT2D eigenvalue weighted by Gasteiger charge is -2.31. The van der Waals surface area contributed by atoms with E-state index in [1.807, 2.05) is 11.8 Å². The van der Waals surface area contributed by atoms with Crippen molar-refractivity contribution in [2.24, 2.45) is 5.73 Å². The summed E-state index contributed by atoms with van der Waals surface area (Å²) in [5.41, 5.74) is 5.26. The molecule has 3 N–H and O–H groups in total. The molecule has 3 atom stereocenters. The van der Waals surface area contributed by atoms with Crippen LogP contribution in [-0.4, -0.2) is 42.2 Å². The number of carbonyl (C=O) groups is 1. The lowest BCUT2D eigenvalue weighted by molar-refractivity contribution is -0.127.